The second-order valence-corrected chi connectivity index (χ2v) is 7.04. The van der Waals surface area contributed by atoms with Gasteiger partial charge in [0.25, 0.3) is 0 Å². The number of hydrogen-bond donors (Lipinski definition) is 2. The lowest BCUT2D eigenvalue weighted by Crippen LogP contribution is -2.37. The van der Waals surface area contributed by atoms with Crippen molar-refractivity contribution in [1.29, 1.82) is 0 Å². The van der Waals surface area contributed by atoms with Gasteiger partial charge in [-0.05, 0) is 48.6 Å². The molecule has 3 rings (SSSR count). The van der Waals surface area contributed by atoms with E-state index in [1.54, 1.807) is 21.3 Å². The molecule has 0 bridgehead atoms. The number of aryl methyl sites for hydroxylation is 1. The lowest BCUT2D eigenvalue weighted by atomic mass is 10.2. The van der Waals surface area contributed by atoms with E-state index in [0.29, 0.717) is 30.4 Å². The number of fused-ring (bicyclic) bond motifs is 1. The third-order valence-electron chi connectivity index (χ3n) is 5.04. The number of guanidine groups is 1. The van der Waals surface area contributed by atoms with E-state index in [1.807, 2.05) is 19.1 Å². The van der Waals surface area contributed by atoms with Crippen molar-refractivity contribution in [2.24, 2.45) is 4.99 Å². The van der Waals surface area contributed by atoms with Gasteiger partial charge in [-0.25, -0.2) is 0 Å². The Morgan fingerprint density at radius 1 is 1.03 bits per heavy atom. The standard InChI is InChI=1S/C24H32N4O3/c1-5-31-23-21(29-3)15-18(16-22(23)30-4)17-27-24(25-2)26-12-8-13-28-14-11-19-9-6-7-10-20(19)28/h6-7,9-11,14-16H,5,8,12-13,17H2,1-4H3,(H2,25,26,27). The maximum Gasteiger partial charge on any atom is 0.203 e. The van der Waals surface area contributed by atoms with Crippen LogP contribution in [0.15, 0.2) is 53.7 Å². The molecule has 2 N–H and O–H groups in total. The van der Waals surface area contributed by atoms with Gasteiger partial charge in [-0.1, -0.05) is 18.2 Å². The zero-order chi connectivity index (χ0) is 22.1. The first-order valence-electron chi connectivity index (χ1n) is 10.6. The van der Waals surface area contributed by atoms with E-state index in [1.165, 1.54) is 10.9 Å². The Balaban J connectivity index is 1.52. The van der Waals surface area contributed by atoms with Crippen molar-refractivity contribution in [2.75, 3.05) is 34.4 Å². The molecule has 31 heavy (non-hydrogen) atoms. The highest BCUT2D eigenvalue weighted by Crippen LogP contribution is 2.38. The fraction of sp³-hybridized carbons (Fsp3) is 0.375. The van der Waals surface area contributed by atoms with Crippen LogP contribution in [-0.2, 0) is 13.1 Å². The van der Waals surface area contributed by atoms with Crippen molar-refractivity contribution in [2.45, 2.75) is 26.4 Å². The number of benzene rings is 2. The predicted molar refractivity (Wildman–Crippen MR) is 125 cm³/mol. The van der Waals surface area contributed by atoms with E-state index in [0.717, 1.165) is 31.0 Å². The molecule has 0 unspecified atom stereocenters. The molecule has 3 aromatic rings. The molecule has 0 amide bonds. The summed E-state index contributed by atoms with van der Waals surface area (Å²) in [6.07, 6.45) is 3.13. The van der Waals surface area contributed by atoms with E-state index in [4.69, 9.17) is 14.2 Å². The summed E-state index contributed by atoms with van der Waals surface area (Å²) in [4.78, 5) is 4.32. The highest BCUT2D eigenvalue weighted by atomic mass is 16.5. The Hall–Kier alpha value is -3.35. The summed E-state index contributed by atoms with van der Waals surface area (Å²) >= 11 is 0. The topological polar surface area (TPSA) is 69.0 Å². The van der Waals surface area contributed by atoms with E-state index < -0.39 is 0 Å². The Morgan fingerprint density at radius 3 is 2.45 bits per heavy atom. The second-order valence-electron chi connectivity index (χ2n) is 7.04. The van der Waals surface area contributed by atoms with Gasteiger partial charge in [-0.15, -0.1) is 0 Å². The number of hydrogen-bond acceptors (Lipinski definition) is 4. The number of ether oxygens (including phenoxy) is 3. The van der Waals surface area contributed by atoms with Crippen LogP contribution in [0.1, 0.15) is 18.9 Å². The van der Waals surface area contributed by atoms with Gasteiger partial charge in [0.15, 0.2) is 17.5 Å². The molecule has 0 aliphatic carbocycles. The predicted octanol–water partition coefficient (Wildman–Crippen LogP) is 3.81. The Bertz CT molecular complexity index is 988. The van der Waals surface area contributed by atoms with E-state index in [-0.39, 0.29) is 0 Å². The zero-order valence-corrected chi connectivity index (χ0v) is 18.8. The molecule has 0 aliphatic heterocycles. The van der Waals surface area contributed by atoms with Crippen LogP contribution >= 0.6 is 0 Å². The highest BCUT2D eigenvalue weighted by molar-refractivity contribution is 5.80. The molecule has 0 saturated carbocycles. The first-order chi connectivity index (χ1) is 15.2. The van der Waals surface area contributed by atoms with Gasteiger partial charge in [-0.2, -0.15) is 0 Å². The SMILES string of the molecule is CCOc1c(OC)cc(CNC(=NC)NCCCn2ccc3ccccc32)cc1OC. The molecule has 0 fully saturated rings. The van der Waals surface area contributed by atoms with E-state index >= 15 is 0 Å². The lowest BCUT2D eigenvalue weighted by Gasteiger charge is -2.16. The summed E-state index contributed by atoms with van der Waals surface area (Å²) in [6, 6.07) is 14.5. The number of rotatable bonds is 10. The largest absolute Gasteiger partial charge is 0.493 e. The van der Waals surface area contributed by atoms with Crippen molar-refractivity contribution < 1.29 is 14.2 Å². The third kappa shape index (κ3) is 5.63. The van der Waals surface area contributed by atoms with E-state index in [9.17, 15) is 0 Å². The number of aliphatic imine (C=N–C) groups is 1. The first-order valence-corrected chi connectivity index (χ1v) is 10.6. The molecule has 0 atom stereocenters. The minimum Gasteiger partial charge on any atom is -0.493 e. The molecule has 7 heteroatoms. The minimum absolute atomic E-state index is 0.541. The Morgan fingerprint density at radius 2 is 1.77 bits per heavy atom. The molecule has 2 aromatic carbocycles. The van der Waals surface area contributed by atoms with Gasteiger partial charge in [0.05, 0.1) is 20.8 Å². The van der Waals surface area contributed by atoms with Gasteiger partial charge in [0.1, 0.15) is 0 Å². The molecular weight excluding hydrogens is 392 g/mol. The fourth-order valence-corrected chi connectivity index (χ4v) is 3.52. The van der Waals surface area contributed by atoms with Crippen molar-refractivity contribution in [3.63, 3.8) is 0 Å². The number of nitrogens with one attached hydrogen (secondary N) is 2. The Labute approximate surface area is 184 Å². The molecule has 0 radical (unpaired) electrons. The smallest absolute Gasteiger partial charge is 0.203 e. The minimum atomic E-state index is 0.541. The molecule has 1 heterocycles. The third-order valence-corrected chi connectivity index (χ3v) is 5.04. The van der Waals surface area contributed by atoms with Crippen LogP contribution in [0.2, 0.25) is 0 Å². The maximum absolute atomic E-state index is 5.67. The van der Waals surface area contributed by atoms with Crippen LogP contribution in [0.25, 0.3) is 10.9 Å². The summed E-state index contributed by atoms with van der Waals surface area (Å²) in [5, 5.41) is 7.99. The number of methoxy groups -OCH3 is 2. The van der Waals surface area contributed by atoms with Crippen LogP contribution < -0.4 is 24.8 Å². The summed E-state index contributed by atoms with van der Waals surface area (Å²) in [7, 11) is 5.03. The van der Waals surface area contributed by atoms with Gasteiger partial charge >= 0.3 is 0 Å². The zero-order valence-electron chi connectivity index (χ0n) is 18.8. The number of aromatic nitrogens is 1. The fourth-order valence-electron chi connectivity index (χ4n) is 3.52. The Kier molecular flexibility index (Phi) is 8.04. The normalized spacial score (nSPS) is 11.4. The van der Waals surface area contributed by atoms with Crippen LogP contribution in [0, 0.1) is 0 Å². The van der Waals surface area contributed by atoms with Crippen LogP contribution in [-0.4, -0.2) is 44.9 Å². The van der Waals surface area contributed by atoms with Crippen molar-refractivity contribution >= 4 is 16.9 Å². The average Bonchev–Trinajstić information content (AvgIpc) is 3.22. The van der Waals surface area contributed by atoms with Crippen molar-refractivity contribution in [1.82, 2.24) is 15.2 Å². The monoisotopic (exact) mass is 424 g/mol. The molecule has 7 nitrogen and oxygen atoms in total. The molecule has 0 saturated heterocycles. The number of nitrogens with zero attached hydrogens (tertiary/aromatic N) is 2. The van der Waals surface area contributed by atoms with E-state index in [2.05, 4.69) is 56.7 Å². The second kappa shape index (κ2) is 11.2. The lowest BCUT2D eigenvalue weighted by molar-refractivity contribution is 0.288. The van der Waals surface area contributed by atoms with Crippen molar-refractivity contribution in [3.8, 4) is 17.2 Å². The van der Waals surface area contributed by atoms with Gasteiger partial charge in [-0.3, -0.25) is 4.99 Å². The van der Waals surface area contributed by atoms with Gasteiger partial charge in [0, 0.05) is 38.4 Å². The molecule has 166 valence electrons. The van der Waals surface area contributed by atoms with Crippen LogP contribution in [0.3, 0.4) is 0 Å². The van der Waals surface area contributed by atoms with Gasteiger partial charge < -0.3 is 29.4 Å². The molecule has 0 spiro atoms. The van der Waals surface area contributed by atoms with Crippen molar-refractivity contribution in [3.05, 3.63) is 54.2 Å². The highest BCUT2D eigenvalue weighted by Gasteiger charge is 2.14. The summed E-state index contributed by atoms with van der Waals surface area (Å²) in [6.45, 7) is 4.83. The maximum atomic E-state index is 5.67. The molecule has 0 aliphatic rings. The quantitative estimate of drug-likeness (QED) is 0.294. The van der Waals surface area contributed by atoms with Crippen LogP contribution in [0.4, 0.5) is 0 Å². The summed E-state index contributed by atoms with van der Waals surface area (Å²) in [5.74, 6) is 2.68. The molecular formula is C24H32N4O3. The summed E-state index contributed by atoms with van der Waals surface area (Å²) < 4.78 is 18.9. The first kappa shape index (κ1) is 22.3. The van der Waals surface area contributed by atoms with Gasteiger partial charge in [0.2, 0.25) is 5.75 Å². The summed E-state index contributed by atoms with van der Waals surface area (Å²) in [5.41, 5.74) is 2.28. The number of para-hydroxylation sites is 1. The average molecular weight is 425 g/mol. The molecule has 1 aromatic heterocycles. The van der Waals surface area contributed by atoms with Crippen LogP contribution in [0.5, 0.6) is 17.2 Å².